The molecule has 0 aliphatic carbocycles. The summed E-state index contributed by atoms with van der Waals surface area (Å²) in [5.41, 5.74) is 0. The molecule has 6 heteroatoms. The first-order valence-electron chi connectivity index (χ1n) is 31.2. The van der Waals surface area contributed by atoms with Crippen molar-refractivity contribution in [3.63, 3.8) is 0 Å². The molecule has 0 rings (SSSR count). The van der Waals surface area contributed by atoms with Gasteiger partial charge in [0.05, 0.1) is 0 Å². The van der Waals surface area contributed by atoms with Crippen LogP contribution in [0.25, 0.3) is 0 Å². The summed E-state index contributed by atoms with van der Waals surface area (Å²) in [4.78, 5) is 38.2. The van der Waals surface area contributed by atoms with E-state index in [1.54, 1.807) is 0 Å². The molecule has 0 fully saturated rings. The molecule has 0 heterocycles. The molecule has 0 radical (unpaired) electrons. The lowest BCUT2D eigenvalue weighted by molar-refractivity contribution is -0.167. The number of carbonyl (C=O) groups is 3. The van der Waals surface area contributed by atoms with Crippen LogP contribution in [-0.2, 0) is 28.6 Å². The number of hydrogen-bond donors (Lipinski definition) is 0. The van der Waals surface area contributed by atoms with Crippen molar-refractivity contribution in [1.29, 1.82) is 0 Å². The highest BCUT2D eigenvalue weighted by Gasteiger charge is 2.19. The Morgan fingerprint density at radius 1 is 0.284 bits per heavy atom. The molecule has 1 atom stereocenters. The Balaban J connectivity index is 4.32. The summed E-state index contributed by atoms with van der Waals surface area (Å²) in [7, 11) is 0. The molecule has 0 saturated heterocycles. The van der Waals surface area contributed by atoms with Gasteiger partial charge >= 0.3 is 17.9 Å². The van der Waals surface area contributed by atoms with Crippen LogP contribution < -0.4 is 0 Å². The van der Waals surface area contributed by atoms with Crippen molar-refractivity contribution in [2.75, 3.05) is 13.2 Å². The van der Waals surface area contributed by atoms with Crippen molar-refractivity contribution in [3.8, 4) is 0 Å². The average Bonchev–Trinajstić information content (AvgIpc) is 3.40. The standard InChI is InChI=1S/C68H116O6/c1-4-7-10-13-16-19-22-24-26-28-30-32-33-34-35-37-38-40-42-44-46-49-52-55-58-61-67(70)73-64-65(63-72-66(69)60-57-54-51-48-21-18-15-12-9-6-3)74-68(71)62-59-56-53-50-47-45-43-41-39-36-31-29-27-25-23-20-17-14-11-8-5-2/h7,10,16,19,23-26,29-32,34-35,38,40,65H,4-6,8-9,11-15,17-18,20-22,27-28,33,36-37,39,41-64H2,1-3H3/b10-7-,19-16-,25-23-,26-24-,31-29-,32-30-,35-34-,40-38-. The molecule has 1 unspecified atom stereocenters. The molecule has 0 aromatic carbocycles. The Morgan fingerprint density at radius 3 is 0.824 bits per heavy atom. The zero-order valence-electron chi connectivity index (χ0n) is 48.6. The van der Waals surface area contributed by atoms with Crippen molar-refractivity contribution < 1.29 is 28.6 Å². The van der Waals surface area contributed by atoms with Crippen molar-refractivity contribution in [2.45, 2.75) is 303 Å². The minimum absolute atomic E-state index is 0.0822. The van der Waals surface area contributed by atoms with E-state index in [0.29, 0.717) is 19.3 Å². The lowest BCUT2D eigenvalue weighted by Gasteiger charge is -2.18. The minimum atomic E-state index is -0.786. The number of rotatable bonds is 56. The Morgan fingerprint density at radius 2 is 0.527 bits per heavy atom. The van der Waals surface area contributed by atoms with Gasteiger partial charge in [-0.2, -0.15) is 0 Å². The van der Waals surface area contributed by atoms with E-state index >= 15 is 0 Å². The van der Waals surface area contributed by atoms with E-state index < -0.39 is 6.10 Å². The van der Waals surface area contributed by atoms with Crippen LogP contribution in [0.5, 0.6) is 0 Å². The summed E-state index contributed by atoms with van der Waals surface area (Å²) < 4.78 is 16.9. The molecule has 0 bridgehead atoms. The third kappa shape index (κ3) is 59.2. The van der Waals surface area contributed by atoms with Crippen molar-refractivity contribution in [3.05, 3.63) is 97.2 Å². The van der Waals surface area contributed by atoms with Gasteiger partial charge in [-0.1, -0.05) is 272 Å². The summed E-state index contributed by atoms with van der Waals surface area (Å²) in [6, 6.07) is 0. The van der Waals surface area contributed by atoms with Crippen LogP contribution in [0.15, 0.2) is 97.2 Å². The summed E-state index contributed by atoms with van der Waals surface area (Å²) in [5, 5.41) is 0. The highest BCUT2D eigenvalue weighted by molar-refractivity contribution is 5.71. The Labute approximate surface area is 457 Å². The summed E-state index contributed by atoms with van der Waals surface area (Å²) in [5.74, 6) is -0.896. The second-order valence-electron chi connectivity index (χ2n) is 20.6. The largest absolute Gasteiger partial charge is 0.462 e. The van der Waals surface area contributed by atoms with Crippen molar-refractivity contribution >= 4 is 17.9 Å². The molecule has 0 aromatic rings. The number of carbonyl (C=O) groups excluding carboxylic acids is 3. The van der Waals surface area contributed by atoms with Crippen LogP contribution in [0.1, 0.15) is 297 Å². The number of allylic oxidation sites excluding steroid dienone is 16. The van der Waals surface area contributed by atoms with Gasteiger partial charge in [0, 0.05) is 19.3 Å². The van der Waals surface area contributed by atoms with Crippen LogP contribution >= 0.6 is 0 Å². The first kappa shape index (κ1) is 70.3. The van der Waals surface area contributed by atoms with Gasteiger partial charge in [0.1, 0.15) is 13.2 Å². The van der Waals surface area contributed by atoms with E-state index in [9.17, 15) is 14.4 Å². The molecule has 0 aromatic heterocycles. The Bertz CT molecular complexity index is 1460. The number of ether oxygens (including phenoxy) is 3. The molecule has 0 aliphatic rings. The number of esters is 3. The number of unbranched alkanes of at least 4 members (excludes halogenated alkanes) is 29. The first-order valence-corrected chi connectivity index (χ1v) is 31.2. The topological polar surface area (TPSA) is 78.9 Å². The molecular formula is C68H116O6. The van der Waals surface area contributed by atoms with E-state index in [4.69, 9.17) is 14.2 Å². The van der Waals surface area contributed by atoms with Gasteiger partial charge in [-0.15, -0.1) is 0 Å². The zero-order chi connectivity index (χ0) is 53.6. The van der Waals surface area contributed by atoms with Gasteiger partial charge in [0.25, 0.3) is 0 Å². The van der Waals surface area contributed by atoms with Crippen molar-refractivity contribution in [2.24, 2.45) is 0 Å². The van der Waals surface area contributed by atoms with Gasteiger partial charge in [-0.05, 0) is 103 Å². The molecule has 6 nitrogen and oxygen atoms in total. The molecule has 0 spiro atoms. The summed E-state index contributed by atoms with van der Waals surface area (Å²) in [6.45, 7) is 6.51. The Kier molecular flexibility index (Phi) is 58.8. The fraction of sp³-hybridized carbons (Fsp3) is 0.721. The fourth-order valence-electron chi connectivity index (χ4n) is 8.65. The van der Waals surface area contributed by atoms with Gasteiger partial charge in [-0.3, -0.25) is 14.4 Å². The molecular weight excluding hydrogens is 913 g/mol. The SMILES string of the molecule is CC/C=C\C/C=C\C/C=C\C/C=C\C/C=C\C/C=C\CCCCCCCCC(=O)OCC(COC(=O)CCCCCCCCCCCC)OC(=O)CCCCCCCCCCC/C=C\C/C=C\CCCCCCC. The van der Waals surface area contributed by atoms with E-state index in [-0.39, 0.29) is 31.1 Å². The first-order chi connectivity index (χ1) is 36.5. The summed E-state index contributed by atoms with van der Waals surface area (Å²) >= 11 is 0. The van der Waals surface area contributed by atoms with Gasteiger partial charge in [0.2, 0.25) is 0 Å². The van der Waals surface area contributed by atoms with E-state index in [2.05, 4.69) is 118 Å². The van der Waals surface area contributed by atoms with Crippen LogP contribution in [-0.4, -0.2) is 37.2 Å². The zero-order valence-corrected chi connectivity index (χ0v) is 48.6. The lowest BCUT2D eigenvalue weighted by Crippen LogP contribution is -2.30. The van der Waals surface area contributed by atoms with E-state index in [1.807, 2.05) is 0 Å². The smallest absolute Gasteiger partial charge is 0.306 e. The second-order valence-corrected chi connectivity index (χ2v) is 20.6. The van der Waals surface area contributed by atoms with Crippen LogP contribution in [0, 0.1) is 0 Å². The fourth-order valence-corrected chi connectivity index (χ4v) is 8.65. The third-order valence-corrected chi connectivity index (χ3v) is 13.3. The van der Waals surface area contributed by atoms with Crippen LogP contribution in [0.3, 0.4) is 0 Å². The quantitative estimate of drug-likeness (QED) is 0.0261. The van der Waals surface area contributed by atoms with Gasteiger partial charge in [-0.25, -0.2) is 0 Å². The molecule has 424 valence electrons. The van der Waals surface area contributed by atoms with E-state index in [0.717, 1.165) is 116 Å². The molecule has 74 heavy (non-hydrogen) atoms. The average molecular weight is 1030 g/mol. The van der Waals surface area contributed by atoms with Gasteiger partial charge in [0.15, 0.2) is 6.10 Å². The number of hydrogen-bond acceptors (Lipinski definition) is 6. The predicted octanol–water partition coefficient (Wildman–Crippen LogP) is 21.3. The van der Waals surface area contributed by atoms with Crippen molar-refractivity contribution in [1.82, 2.24) is 0 Å². The summed E-state index contributed by atoms with van der Waals surface area (Å²) in [6.07, 6.45) is 82.6. The van der Waals surface area contributed by atoms with Crippen LogP contribution in [0.2, 0.25) is 0 Å². The molecule has 0 aliphatic heterocycles. The highest BCUT2D eigenvalue weighted by Crippen LogP contribution is 2.16. The maximum atomic E-state index is 12.9. The normalized spacial score (nSPS) is 12.7. The predicted molar refractivity (Wildman–Crippen MR) is 320 cm³/mol. The van der Waals surface area contributed by atoms with Gasteiger partial charge < -0.3 is 14.2 Å². The maximum absolute atomic E-state index is 12.9. The Hall–Kier alpha value is -3.67. The molecule has 0 saturated carbocycles. The second kappa shape index (κ2) is 61.9. The van der Waals surface area contributed by atoms with E-state index in [1.165, 1.54) is 141 Å². The molecule has 0 amide bonds. The highest BCUT2D eigenvalue weighted by atomic mass is 16.6. The third-order valence-electron chi connectivity index (χ3n) is 13.3. The minimum Gasteiger partial charge on any atom is -0.462 e. The molecule has 0 N–H and O–H groups in total. The monoisotopic (exact) mass is 1030 g/mol. The van der Waals surface area contributed by atoms with Crippen LogP contribution in [0.4, 0.5) is 0 Å². The maximum Gasteiger partial charge on any atom is 0.306 e. The lowest BCUT2D eigenvalue weighted by atomic mass is 10.1.